The van der Waals surface area contributed by atoms with Crippen LogP contribution in [0.25, 0.3) is 6.08 Å². The van der Waals surface area contributed by atoms with Crippen molar-refractivity contribution in [1.29, 1.82) is 5.26 Å². The standard InChI is InChI=1S/C22H17N3O3/c1-28-15-8-6-14(7-9-15)25-21(26)18-17(12-23)24-11-10-13-4-2-3-5-16(13)20(24)19(18)22(25)27/h2-11,17-20H,1H3/t17-,18+,19+,20+/m1/s1. The first-order valence-corrected chi connectivity index (χ1v) is 9.12. The molecule has 0 bridgehead atoms. The van der Waals surface area contributed by atoms with E-state index in [4.69, 9.17) is 4.74 Å². The fourth-order valence-electron chi connectivity index (χ4n) is 4.69. The van der Waals surface area contributed by atoms with E-state index in [1.807, 2.05) is 41.4 Å². The van der Waals surface area contributed by atoms with E-state index >= 15 is 0 Å². The van der Waals surface area contributed by atoms with E-state index in [1.54, 1.807) is 31.4 Å². The van der Waals surface area contributed by atoms with Crippen LogP contribution in [0.5, 0.6) is 5.75 Å². The minimum absolute atomic E-state index is 0.252. The maximum absolute atomic E-state index is 13.4. The number of amides is 2. The van der Waals surface area contributed by atoms with Crippen molar-refractivity contribution in [3.05, 3.63) is 65.9 Å². The molecule has 0 spiro atoms. The molecule has 0 saturated carbocycles. The highest BCUT2D eigenvalue weighted by Gasteiger charge is 2.63. The Kier molecular flexibility index (Phi) is 3.53. The van der Waals surface area contributed by atoms with E-state index in [1.165, 1.54) is 4.90 Å². The van der Waals surface area contributed by atoms with Crippen molar-refractivity contribution >= 4 is 23.6 Å². The van der Waals surface area contributed by atoms with Gasteiger partial charge in [0.1, 0.15) is 11.8 Å². The Balaban J connectivity index is 1.60. The van der Waals surface area contributed by atoms with Crippen LogP contribution in [-0.4, -0.2) is 29.9 Å². The average Bonchev–Trinajstić information content (AvgIpc) is 3.20. The first-order valence-electron chi connectivity index (χ1n) is 9.12. The van der Waals surface area contributed by atoms with E-state index < -0.39 is 17.9 Å². The van der Waals surface area contributed by atoms with Gasteiger partial charge in [-0.15, -0.1) is 0 Å². The van der Waals surface area contributed by atoms with E-state index in [2.05, 4.69) is 6.07 Å². The number of ether oxygens (including phenoxy) is 1. The van der Waals surface area contributed by atoms with Gasteiger partial charge in [-0.2, -0.15) is 5.26 Å². The van der Waals surface area contributed by atoms with Crippen LogP contribution in [-0.2, 0) is 9.59 Å². The number of methoxy groups -OCH3 is 1. The van der Waals surface area contributed by atoms with Crippen molar-refractivity contribution in [2.24, 2.45) is 11.8 Å². The van der Waals surface area contributed by atoms with Crippen LogP contribution < -0.4 is 9.64 Å². The molecule has 3 aliphatic heterocycles. The summed E-state index contributed by atoms with van der Waals surface area (Å²) in [6.45, 7) is 0. The molecule has 5 rings (SSSR count). The summed E-state index contributed by atoms with van der Waals surface area (Å²) in [7, 11) is 1.56. The van der Waals surface area contributed by atoms with Gasteiger partial charge in [0.05, 0.1) is 36.7 Å². The third kappa shape index (κ3) is 2.07. The summed E-state index contributed by atoms with van der Waals surface area (Å²) in [6.07, 6.45) is 3.78. The molecule has 6 nitrogen and oxygen atoms in total. The van der Waals surface area contributed by atoms with Gasteiger partial charge in [0, 0.05) is 6.20 Å². The summed E-state index contributed by atoms with van der Waals surface area (Å²) in [4.78, 5) is 29.7. The summed E-state index contributed by atoms with van der Waals surface area (Å²) in [5, 5.41) is 9.81. The van der Waals surface area contributed by atoms with Crippen molar-refractivity contribution in [2.45, 2.75) is 12.1 Å². The summed E-state index contributed by atoms with van der Waals surface area (Å²) in [5.74, 6) is -1.17. The van der Waals surface area contributed by atoms with Gasteiger partial charge in [-0.05, 0) is 41.5 Å². The number of carbonyl (C=O) groups excluding carboxylic acids is 2. The Bertz CT molecular complexity index is 1050. The van der Waals surface area contributed by atoms with Crippen molar-refractivity contribution in [2.75, 3.05) is 12.0 Å². The molecule has 2 amide bonds. The molecule has 4 atom stereocenters. The zero-order valence-corrected chi connectivity index (χ0v) is 15.1. The first kappa shape index (κ1) is 16.6. The zero-order chi connectivity index (χ0) is 19.4. The monoisotopic (exact) mass is 371 g/mol. The highest BCUT2D eigenvalue weighted by Crippen LogP contribution is 2.52. The topological polar surface area (TPSA) is 73.6 Å². The third-order valence-corrected chi connectivity index (χ3v) is 5.92. The largest absolute Gasteiger partial charge is 0.497 e. The molecule has 6 heteroatoms. The molecule has 2 saturated heterocycles. The van der Waals surface area contributed by atoms with Crippen LogP contribution in [0.1, 0.15) is 17.2 Å². The second-order valence-electron chi connectivity index (χ2n) is 7.17. The number of imide groups is 1. The minimum Gasteiger partial charge on any atom is -0.497 e. The quantitative estimate of drug-likeness (QED) is 0.759. The lowest BCUT2D eigenvalue weighted by Crippen LogP contribution is -2.40. The van der Waals surface area contributed by atoms with Crippen molar-refractivity contribution in [3.63, 3.8) is 0 Å². The Hall–Kier alpha value is -3.59. The molecule has 2 aromatic rings. The number of nitrogens with zero attached hydrogens (tertiary/aromatic N) is 3. The Morgan fingerprint density at radius 3 is 2.43 bits per heavy atom. The molecular weight excluding hydrogens is 354 g/mol. The van der Waals surface area contributed by atoms with E-state index in [0.717, 1.165) is 11.1 Å². The molecule has 2 aromatic carbocycles. The van der Waals surface area contributed by atoms with Gasteiger partial charge in [0.2, 0.25) is 11.8 Å². The van der Waals surface area contributed by atoms with Gasteiger partial charge < -0.3 is 9.64 Å². The number of hydrogen-bond acceptors (Lipinski definition) is 5. The zero-order valence-electron chi connectivity index (χ0n) is 15.1. The Morgan fingerprint density at radius 2 is 1.71 bits per heavy atom. The molecule has 0 radical (unpaired) electrons. The Morgan fingerprint density at radius 1 is 1.00 bits per heavy atom. The van der Waals surface area contributed by atoms with Crippen LogP contribution in [0.15, 0.2) is 54.7 Å². The SMILES string of the molecule is COc1ccc(N2C(=O)[C@@H]3[C@H](C2=O)[C@@H]2c4ccccc4C=CN2[C@@H]3C#N)cc1. The number of nitriles is 1. The van der Waals surface area contributed by atoms with Crippen molar-refractivity contribution in [1.82, 2.24) is 4.90 Å². The smallest absolute Gasteiger partial charge is 0.240 e. The highest BCUT2D eigenvalue weighted by molar-refractivity contribution is 6.23. The van der Waals surface area contributed by atoms with Gasteiger partial charge in [-0.25, -0.2) is 4.90 Å². The number of fused-ring (bicyclic) bond motifs is 5. The molecule has 138 valence electrons. The molecule has 2 fully saturated rings. The number of hydrogen-bond donors (Lipinski definition) is 0. The number of benzene rings is 2. The minimum atomic E-state index is -0.680. The fourth-order valence-corrected chi connectivity index (χ4v) is 4.69. The lowest BCUT2D eigenvalue weighted by atomic mass is 9.85. The van der Waals surface area contributed by atoms with Crippen LogP contribution in [0.2, 0.25) is 0 Å². The number of anilines is 1. The number of rotatable bonds is 2. The van der Waals surface area contributed by atoms with Crippen LogP contribution >= 0.6 is 0 Å². The molecule has 0 aromatic heterocycles. The fraction of sp³-hybridized carbons (Fsp3) is 0.227. The maximum Gasteiger partial charge on any atom is 0.240 e. The number of carbonyl (C=O) groups is 2. The lowest BCUT2D eigenvalue weighted by Gasteiger charge is -2.33. The van der Waals surface area contributed by atoms with Gasteiger partial charge in [-0.1, -0.05) is 24.3 Å². The third-order valence-electron chi connectivity index (χ3n) is 5.92. The first-order chi connectivity index (χ1) is 13.7. The summed E-state index contributed by atoms with van der Waals surface area (Å²) < 4.78 is 5.16. The predicted molar refractivity (Wildman–Crippen MR) is 102 cm³/mol. The predicted octanol–water partition coefficient (Wildman–Crippen LogP) is 2.73. The van der Waals surface area contributed by atoms with Crippen molar-refractivity contribution < 1.29 is 14.3 Å². The molecule has 3 aliphatic rings. The van der Waals surface area contributed by atoms with Gasteiger partial charge in [-0.3, -0.25) is 9.59 Å². The molecule has 0 N–H and O–H groups in total. The lowest BCUT2D eigenvalue weighted by molar-refractivity contribution is -0.123. The van der Waals surface area contributed by atoms with E-state index in [0.29, 0.717) is 11.4 Å². The van der Waals surface area contributed by atoms with Crippen LogP contribution in [0.4, 0.5) is 5.69 Å². The van der Waals surface area contributed by atoms with Gasteiger partial charge in [0.15, 0.2) is 0 Å². The summed E-state index contributed by atoms with van der Waals surface area (Å²) in [6, 6.07) is 15.9. The normalized spacial score (nSPS) is 27.3. The van der Waals surface area contributed by atoms with Crippen LogP contribution in [0, 0.1) is 23.2 Å². The molecule has 28 heavy (non-hydrogen) atoms. The average molecular weight is 371 g/mol. The Labute approximate surface area is 162 Å². The highest BCUT2D eigenvalue weighted by atomic mass is 16.5. The summed E-state index contributed by atoms with van der Waals surface area (Å²) in [5.41, 5.74) is 2.51. The second-order valence-corrected chi connectivity index (χ2v) is 7.17. The summed E-state index contributed by atoms with van der Waals surface area (Å²) >= 11 is 0. The van der Waals surface area contributed by atoms with Crippen LogP contribution in [0.3, 0.4) is 0 Å². The van der Waals surface area contributed by atoms with E-state index in [9.17, 15) is 14.9 Å². The molecule has 0 unspecified atom stereocenters. The van der Waals surface area contributed by atoms with Gasteiger partial charge >= 0.3 is 0 Å². The van der Waals surface area contributed by atoms with Crippen molar-refractivity contribution in [3.8, 4) is 11.8 Å². The molecule has 3 heterocycles. The molecular formula is C22H17N3O3. The molecule has 0 aliphatic carbocycles. The van der Waals surface area contributed by atoms with Gasteiger partial charge in [0.25, 0.3) is 0 Å². The maximum atomic E-state index is 13.4. The second kappa shape index (κ2) is 5.96. The van der Waals surface area contributed by atoms with E-state index in [-0.39, 0.29) is 17.9 Å².